The van der Waals surface area contributed by atoms with Crippen LogP contribution in [0.3, 0.4) is 0 Å². The minimum absolute atomic E-state index is 0.00294. The topological polar surface area (TPSA) is 12.0 Å². The van der Waals surface area contributed by atoms with Crippen LogP contribution in [0.2, 0.25) is 13.7 Å². The van der Waals surface area contributed by atoms with Crippen LogP contribution in [0.4, 0.5) is 4.39 Å². The summed E-state index contributed by atoms with van der Waals surface area (Å²) in [5.41, 5.74) is 1.80. The Hall–Kier alpha value is -0.320. The minimum atomic E-state index is -0.408. The summed E-state index contributed by atoms with van der Waals surface area (Å²) in [4.78, 5) is 0. The second-order valence-corrected chi connectivity index (χ2v) is 7.04. The Bertz CT molecular complexity index is 600. The van der Waals surface area contributed by atoms with E-state index in [0.717, 1.165) is 17.7 Å². The van der Waals surface area contributed by atoms with Crippen molar-refractivity contribution in [2.45, 2.75) is 19.4 Å². The highest BCUT2D eigenvalue weighted by Crippen LogP contribution is 2.36. The summed E-state index contributed by atoms with van der Waals surface area (Å²) in [6, 6.07) is 6.69. The lowest BCUT2D eigenvalue weighted by molar-refractivity contribution is 0.548. The maximum absolute atomic E-state index is 13.5. The first kappa shape index (κ1) is 16.1. The molecule has 2 rings (SSSR count). The normalized spacial score (nSPS) is 12.7. The van der Waals surface area contributed by atoms with Crippen molar-refractivity contribution in [3.8, 4) is 0 Å². The van der Waals surface area contributed by atoms with E-state index in [2.05, 4.69) is 5.32 Å². The van der Waals surface area contributed by atoms with Crippen LogP contribution in [0, 0.1) is 5.82 Å². The van der Waals surface area contributed by atoms with Crippen LogP contribution in [0.25, 0.3) is 0 Å². The van der Waals surface area contributed by atoms with Gasteiger partial charge in [-0.1, -0.05) is 47.8 Å². The average Bonchev–Trinajstić information content (AvgIpc) is 2.72. The second-order valence-electron chi connectivity index (χ2n) is 4.34. The molecule has 0 saturated heterocycles. The molecule has 1 N–H and O–H groups in total. The first-order valence-corrected chi connectivity index (χ1v) is 8.08. The molecule has 20 heavy (non-hydrogen) atoms. The van der Waals surface area contributed by atoms with Gasteiger partial charge in [-0.25, -0.2) is 4.39 Å². The predicted octanol–water partition coefficient (Wildman–Crippen LogP) is 5.74. The Morgan fingerprint density at radius 2 is 2.00 bits per heavy atom. The van der Waals surface area contributed by atoms with Gasteiger partial charge in [0.2, 0.25) is 0 Å². The molecular formula is C14H13Cl3FNS. The van der Waals surface area contributed by atoms with E-state index in [1.54, 1.807) is 6.07 Å². The SMILES string of the molecule is CCNC(Cc1ccc(Cl)c(F)c1)c1cc(Cl)sc1Cl. The molecule has 1 unspecified atom stereocenters. The van der Waals surface area contributed by atoms with E-state index in [-0.39, 0.29) is 11.1 Å². The molecule has 1 nitrogen and oxygen atoms in total. The Kier molecular flexibility index (Phi) is 5.70. The number of likely N-dealkylation sites (N-methyl/N-ethyl adjacent to an activating group) is 1. The lowest BCUT2D eigenvalue weighted by atomic mass is 10.0. The van der Waals surface area contributed by atoms with Gasteiger partial charge in [-0.3, -0.25) is 0 Å². The minimum Gasteiger partial charge on any atom is -0.310 e. The lowest BCUT2D eigenvalue weighted by Crippen LogP contribution is -2.22. The van der Waals surface area contributed by atoms with Crippen LogP contribution in [-0.4, -0.2) is 6.54 Å². The smallest absolute Gasteiger partial charge is 0.142 e. The third-order valence-electron chi connectivity index (χ3n) is 2.93. The molecule has 0 spiro atoms. The van der Waals surface area contributed by atoms with Gasteiger partial charge in [0.15, 0.2) is 0 Å². The molecule has 0 fully saturated rings. The van der Waals surface area contributed by atoms with Crippen molar-refractivity contribution in [3.63, 3.8) is 0 Å². The fraction of sp³-hybridized carbons (Fsp3) is 0.286. The number of hydrogen-bond acceptors (Lipinski definition) is 2. The summed E-state index contributed by atoms with van der Waals surface area (Å²) >= 11 is 19.2. The van der Waals surface area contributed by atoms with E-state index in [1.165, 1.54) is 17.4 Å². The molecule has 6 heteroatoms. The number of halogens is 4. The van der Waals surface area contributed by atoms with Crippen molar-refractivity contribution in [1.29, 1.82) is 0 Å². The zero-order valence-corrected chi connectivity index (χ0v) is 13.8. The van der Waals surface area contributed by atoms with Crippen LogP contribution >= 0.6 is 46.1 Å². The maximum atomic E-state index is 13.5. The van der Waals surface area contributed by atoms with Gasteiger partial charge < -0.3 is 5.32 Å². The van der Waals surface area contributed by atoms with Crippen molar-refractivity contribution in [2.75, 3.05) is 6.54 Å². The third-order valence-corrected chi connectivity index (χ3v) is 4.76. The van der Waals surface area contributed by atoms with E-state index in [1.807, 2.05) is 19.1 Å². The molecule has 1 aromatic carbocycles. The van der Waals surface area contributed by atoms with Crippen LogP contribution in [0.1, 0.15) is 24.1 Å². The molecule has 0 aliphatic heterocycles. The third kappa shape index (κ3) is 3.86. The van der Waals surface area contributed by atoms with Crippen LogP contribution in [-0.2, 0) is 6.42 Å². The molecule has 1 heterocycles. The maximum Gasteiger partial charge on any atom is 0.142 e. The summed E-state index contributed by atoms with van der Waals surface area (Å²) in [7, 11) is 0. The number of thiophene rings is 1. The quantitative estimate of drug-likeness (QED) is 0.723. The monoisotopic (exact) mass is 351 g/mol. The summed E-state index contributed by atoms with van der Waals surface area (Å²) in [6.45, 7) is 2.79. The van der Waals surface area contributed by atoms with Crippen molar-refractivity contribution in [3.05, 3.63) is 54.9 Å². The molecule has 1 aromatic heterocycles. The standard InChI is InChI=1S/C14H13Cl3FNS/c1-2-19-12(9-7-13(16)20-14(9)17)6-8-3-4-10(15)11(18)5-8/h3-5,7,12,19H,2,6H2,1H3. The van der Waals surface area contributed by atoms with E-state index in [0.29, 0.717) is 15.1 Å². The molecule has 0 amide bonds. The van der Waals surface area contributed by atoms with E-state index < -0.39 is 5.82 Å². The van der Waals surface area contributed by atoms with Gasteiger partial charge in [-0.2, -0.15) is 0 Å². The molecule has 1 atom stereocenters. The van der Waals surface area contributed by atoms with Gasteiger partial charge >= 0.3 is 0 Å². The Labute approximate surface area is 136 Å². The number of nitrogens with one attached hydrogen (secondary N) is 1. The van der Waals surface area contributed by atoms with Gasteiger partial charge in [-0.15, -0.1) is 11.3 Å². The van der Waals surface area contributed by atoms with Crippen molar-refractivity contribution in [2.24, 2.45) is 0 Å². The molecule has 0 bridgehead atoms. The summed E-state index contributed by atoms with van der Waals surface area (Å²) in [5, 5.41) is 3.47. The Morgan fingerprint density at radius 3 is 2.55 bits per heavy atom. The largest absolute Gasteiger partial charge is 0.310 e. The molecule has 0 aliphatic rings. The van der Waals surface area contributed by atoms with E-state index in [9.17, 15) is 4.39 Å². The molecular weight excluding hydrogens is 340 g/mol. The van der Waals surface area contributed by atoms with E-state index >= 15 is 0 Å². The Balaban J connectivity index is 2.25. The molecule has 0 aliphatic carbocycles. The van der Waals surface area contributed by atoms with Gasteiger partial charge in [0.25, 0.3) is 0 Å². The van der Waals surface area contributed by atoms with E-state index in [4.69, 9.17) is 34.8 Å². The molecule has 0 saturated carbocycles. The fourth-order valence-corrected chi connectivity index (χ4v) is 3.73. The van der Waals surface area contributed by atoms with Gasteiger partial charge in [0.1, 0.15) is 5.82 Å². The fourth-order valence-electron chi connectivity index (χ4n) is 2.03. The van der Waals surface area contributed by atoms with Crippen LogP contribution in [0.15, 0.2) is 24.3 Å². The number of rotatable bonds is 5. The Morgan fingerprint density at radius 1 is 1.25 bits per heavy atom. The highest BCUT2D eigenvalue weighted by molar-refractivity contribution is 7.20. The molecule has 108 valence electrons. The summed E-state index contributed by atoms with van der Waals surface area (Å²) < 4.78 is 14.8. The van der Waals surface area contributed by atoms with Crippen molar-refractivity contribution >= 4 is 46.1 Å². The molecule has 0 radical (unpaired) electrons. The predicted molar refractivity (Wildman–Crippen MR) is 85.9 cm³/mol. The van der Waals surface area contributed by atoms with Crippen LogP contribution < -0.4 is 5.32 Å². The number of benzene rings is 1. The van der Waals surface area contributed by atoms with Gasteiger partial charge in [0.05, 0.1) is 13.7 Å². The highest BCUT2D eigenvalue weighted by atomic mass is 35.5. The summed E-state index contributed by atoms with van der Waals surface area (Å²) in [6.07, 6.45) is 0.620. The highest BCUT2D eigenvalue weighted by Gasteiger charge is 2.18. The van der Waals surface area contributed by atoms with Gasteiger partial charge in [0, 0.05) is 11.6 Å². The number of hydrogen-bond donors (Lipinski definition) is 1. The zero-order chi connectivity index (χ0) is 14.7. The first-order chi connectivity index (χ1) is 9.51. The lowest BCUT2D eigenvalue weighted by Gasteiger charge is -2.17. The van der Waals surface area contributed by atoms with Gasteiger partial charge in [-0.05, 0) is 36.7 Å². The summed E-state index contributed by atoms with van der Waals surface area (Å²) in [5.74, 6) is -0.408. The van der Waals surface area contributed by atoms with Crippen molar-refractivity contribution in [1.82, 2.24) is 5.32 Å². The first-order valence-electron chi connectivity index (χ1n) is 6.13. The second kappa shape index (κ2) is 7.10. The van der Waals surface area contributed by atoms with Crippen LogP contribution in [0.5, 0.6) is 0 Å². The molecule has 2 aromatic rings. The average molecular weight is 353 g/mol. The zero-order valence-electron chi connectivity index (χ0n) is 10.7. The van der Waals surface area contributed by atoms with Crippen molar-refractivity contribution < 1.29 is 4.39 Å².